The minimum atomic E-state index is -0.0959. The molecule has 1 aliphatic rings. The third-order valence-electron chi connectivity index (χ3n) is 3.61. The fourth-order valence-corrected chi connectivity index (χ4v) is 3.13. The van der Waals surface area contributed by atoms with E-state index in [9.17, 15) is 4.79 Å². The lowest BCUT2D eigenvalue weighted by atomic mass is 10.00. The predicted octanol–water partition coefficient (Wildman–Crippen LogP) is 2.67. The zero-order chi connectivity index (χ0) is 13.7. The molecule has 19 heavy (non-hydrogen) atoms. The molecular weight excluding hydrogens is 260 g/mol. The topological polar surface area (TPSA) is 66.9 Å². The van der Waals surface area contributed by atoms with Crippen LogP contribution in [0, 0.1) is 5.92 Å². The summed E-state index contributed by atoms with van der Waals surface area (Å²) < 4.78 is 0. The molecule has 2 rings (SSSR count). The van der Waals surface area contributed by atoms with Crippen LogP contribution < -0.4 is 10.6 Å². The first-order valence-corrected chi connectivity index (χ1v) is 7.90. The second-order valence-corrected chi connectivity index (χ2v) is 6.12. The molecule has 1 aromatic heterocycles. The molecular formula is C13H22N4OS. The Balaban J connectivity index is 1.86. The van der Waals surface area contributed by atoms with Crippen molar-refractivity contribution < 1.29 is 4.79 Å². The number of hydrogen-bond acceptors (Lipinski definition) is 5. The summed E-state index contributed by atoms with van der Waals surface area (Å²) >= 11 is 1.32. The van der Waals surface area contributed by atoms with Crippen molar-refractivity contribution in [2.24, 2.45) is 5.92 Å². The molecule has 1 saturated carbocycles. The molecule has 0 aliphatic heterocycles. The molecule has 0 aromatic carbocycles. The lowest BCUT2D eigenvalue weighted by Gasteiger charge is -2.19. The standard InChI is InChI=1S/C13H22N4OS/c1-3-8-14-13-17-16-12(19-13)11(18)15-9(2)10-6-4-5-7-10/h9-10H,3-8H2,1-2H3,(H,14,17)(H,15,18). The maximum atomic E-state index is 12.1. The molecule has 1 aliphatic carbocycles. The van der Waals surface area contributed by atoms with E-state index >= 15 is 0 Å². The number of aromatic nitrogens is 2. The van der Waals surface area contributed by atoms with Crippen molar-refractivity contribution >= 4 is 22.4 Å². The van der Waals surface area contributed by atoms with Gasteiger partial charge in [-0.25, -0.2) is 0 Å². The normalized spacial score (nSPS) is 17.4. The zero-order valence-electron chi connectivity index (χ0n) is 11.6. The lowest BCUT2D eigenvalue weighted by molar-refractivity contribution is 0.0926. The van der Waals surface area contributed by atoms with E-state index in [2.05, 4.69) is 34.7 Å². The largest absolute Gasteiger partial charge is 0.360 e. The summed E-state index contributed by atoms with van der Waals surface area (Å²) in [6, 6.07) is 0.228. The van der Waals surface area contributed by atoms with Crippen molar-refractivity contribution in [3.8, 4) is 0 Å². The molecule has 5 nitrogen and oxygen atoms in total. The average molecular weight is 282 g/mol. The van der Waals surface area contributed by atoms with Crippen LogP contribution in [0.5, 0.6) is 0 Å². The molecule has 0 radical (unpaired) electrons. The minimum absolute atomic E-state index is 0.0959. The monoisotopic (exact) mass is 282 g/mol. The molecule has 1 fully saturated rings. The molecule has 1 heterocycles. The van der Waals surface area contributed by atoms with Crippen LogP contribution in [0.2, 0.25) is 0 Å². The lowest BCUT2D eigenvalue weighted by Crippen LogP contribution is -2.37. The highest BCUT2D eigenvalue weighted by atomic mass is 32.1. The predicted molar refractivity (Wildman–Crippen MR) is 77.6 cm³/mol. The van der Waals surface area contributed by atoms with Gasteiger partial charge in [-0.1, -0.05) is 31.1 Å². The van der Waals surface area contributed by atoms with Crippen molar-refractivity contribution in [2.45, 2.75) is 52.0 Å². The fourth-order valence-electron chi connectivity index (χ4n) is 2.46. The van der Waals surface area contributed by atoms with E-state index in [1.165, 1.54) is 37.0 Å². The number of carbonyl (C=O) groups is 1. The Labute approximate surface area is 118 Å². The fraction of sp³-hybridized carbons (Fsp3) is 0.769. The molecule has 1 atom stereocenters. The van der Waals surface area contributed by atoms with Crippen LogP contribution in [0.25, 0.3) is 0 Å². The highest BCUT2D eigenvalue weighted by molar-refractivity contribution is 7.17. The summed E-state index contributed by atoms with van der Waals surface area (Å²) in [5.41, 5.74) is 0. The molecule has 0 saturated heterocycles. The first-order valence-electron chi connectivity index (χ1n) is 7.09. The number of anilines is 1. The molecule has 2 N–H and O–H groups in total. The van der Waals surface area contributed by atoms with Crippen LogP contribution in [0.3, 0.4) is 0 Å². The number of hydrogen-bond donors (Lipinski definition) is 2. The summed E-state index contributed by atoms with van der Waals surface area (Å²) in [5.74, 6) is 0.524. The highest BCUT2D eigenvalue weighted by Gasteiger charge is 2.24. The van der Waals surface area contributed by atoms with Crippen LogP contribution in [0.4, 0.5) is 5.13 Å². The third-order valence-corrected chi connectivity index (χ3v) is 4.49. The van der Waals surface area contributed by atoms with Gasteiger partial charge in [0.25, 0.3) is 5.91 Å². The SMILES string of the molecule is CCCNc1nnc(C(=O)NC(C)C2CCCC2)s1. The van der Waals surface area contributed by atoms with Crippen LogP contribution in [0.15, 0.2) is 0 Å². The van der Waals surface area contributed by atoms with Gasteiger partial charge in [0.05, 0.1) is 0 Å². The van der Waals surface area contributed by atoms with Crippen LogP contribution in [-0.4, -0.2) is 28.7 Å². The zero-order valence-corrected chi connectivity index (χ0v) is 12.4. The van der Waals surface area contributed by atoms with Gasteiger partial charge in [0, 0.05) is 12.6 Å². The van der Waals surface area contributed by atoms with Gasteiger partial charge in [-0.3, -0.25) is 4.79 Å². The summed E-state index contributed by atoms with van der Waals surface area (Å²) in [4.78, 5) is 12.1. The van der Waals surface area contributed by atoms with E-state index in [0.717, 1.165) is 18.1 Å². The van der Waals surface area contributed by atoms with Crippen molar-refractivity contribution in [3.63, 3.8) is 0 Å². The Morgan fingerprint density at radius 2 is 2.16 bits per heavy atom. The molecule has 1 unspecified atom stereocenters. The van der Waals surface area contributed by atoms with E-state index < -0.39 is 0 Å². The van der Waals surface area contributed by atoms with Gasteiger partial charge in [-0.15, -0.1) is 10.2 Å². The third kappa shape index (κ3) is 3.89. The number of rotatable bonds is 6. The first-order chi connectivity index (χ1) is 9.20. The van der Waals surface area contributed by atoms with Gasteiger partial charge >= 0.3 is 0 Å². The smallest absolute Gasteiger partial charge is 0.282 e. The Kier molecular flexibility index (Phi) is 5.13. The highest BCUT2D eigenvalue weighted by Crippen LogP contribution is 2.27. The Morgan fingerprint density at radius 3 is 2.84 bits per heavy atom. The van der Waals surface area contributed by atoms with Crippen molar-refractivity contribution in [1.29, 1.82) is 0 Å². The van der Waals surface area contributed by atoms with Gasteiger partial charge < -0.3 is 10.6 Å². The number of nitrogens with zero attached hydrogens (tertiary/aromatic N) is 2. The molecule has 6 heteroatoms. The molecule has 1 amide bonds. The van der Waals surface area contributed by atoms with E-state index in [-0.39, 0.29) is 11.9 Å². The van der Waals surface area contributed by atoms with E-state index in [1.807, 2.05) is 0 Å². The van der Waals surface area contributed by atoms with Gasteiger partial charge in [0.2, 0.25) is 10.1 Å². The molecule has 0 spiro atoms. The van der Waals surface area contributed by atoms with Crippen molar-refractivity contribution in [1.82, 2.24) is 15.5 Å². The average Bonchev–Trinajstić information content (AvgIpc) is 3.07. The Bertz CT molecular complexity index is 415. The number of amides is 1. The van der Waals surface area contributed by atoms with Gasteiger partial charge in [-0.2, -0.15) is 0 Å². The van der Waals surface area contributed by atoms with E-state index in [4.69, 9.17) is 0 Å². The molecule has 0 bridgehead atoms. The number of carbonyl (C=O) groups excluding carboxylic acids is 1. The quantitative estimate of drug-likeness (QED) is 0.842. The first kappa shape index (κ1) is 14.2. The van der Waals surface area contributed by atoms with E-state index in [1.54, 1.807) is 0 Å². The number of nitrogens with one attached hydrogen (secondary N) is 2. The van der Waals surface area contributed by atoms with Gasteiger partial charge in [-0.05, 0) is 32.1 Å². The summed E-state index contributed by atoms with van der Waals surface area (Å²) in [6.45, 7) is 5.03. The second kappa shape index (κ2) is 6.84. The van der Waals surface area contributed by atoms with Crippen molar-refractivity contribution in [3.05, 3.63) is 5.01 Å². The summed E-state index contributed by atoms with van der Waals surface area (Å²) in [5, 5.41) is 15.3. The van der Waals surface area contributed by atoms with Crippen molar-refractivity contribution in [2.75, 3.05) is 11.9 Å². The Morgan fingerprint density at radius 1 is 1.42 bits per heavy atom. The van der Waals surface area contributed by atoms with Crippen LogP contribution in [-0.2, 0) is 0 Å². The summed E-state index contributed by atoms with van der Waals surface area (Å²) in [7, 11) is 0. The molecule has 106 valence electrons. The second-order valence-electron chi connectivity index (χ2n) is 5.15. The van der Waals surface area contributed by atoms with Gasteiger partial charge in [0.15, 0.2) is 0 Å². The molecule has 1 aromatic rings. The maximum absolute atomic E-state index is 12.1. The summed E-state index contributed by atoms with van der Waals surface area (Å²) in [6.07, 6.45) is 6.05. The maximum Gasteiger partial charge on any atom is 0.282 e. The van der Waals surface area contributed by atoms with Crippen LogP contribution >= 0.6 is 11.3 Å². The van der Waals surface area contributed by atoms with E-state index in [0.29, 0.717) is 10.9 Å². The minimum Gasteiger partial charge on any atom is -0.360 e. The van der Waals surface area contributed by atoms with Gasteiger partial charge in [0.1, 0.15) is 0 Å². The van der Waals surface area contributed by atoms with Crippen LogP contribution in [0.1, 0.15) is 55.8 Å². The Hall–Kier alpha value is -1.17.